The van der Waals surface area contributed by atoms with Gasteiger partial charge >= 0.3 is 0 Å². The van der Waals surface area contributed by atoms with Crippen LogP contribution < -0.4 is 4.90 Å². The maximum absolute atomic E-state index is 13.0. The molecule has 21 heavy (non-hydrogen) atoms. The van der Waals surface area contributed by atoms with Crippen LogP contribution in [0, 0.1) is 5.82 Å². The fraction of sp³-hybridized carbons (Fsp3) is 0.200. The van der Waals surface area contributed by atoms with Crippen LogP contribution in [0.15, 0.2) is 42.7 Å². The number of halogens is 2. The number of imidazole rings is 1. The fourth-order valence-corrected chi connectivity index (χ4v) is 2.91. The Hall–Kier alpha value is -2.14. The Kier molecular flexibility index (Phi) is 2.82. The van der Waals surface area contributed by atoms with E-state index in [1.807, 2.05) is 18.2 Å². The average molecular weight is 303 g/mol. The topological polar surface area (TPSA) is 33.4 Å². The number of nitrogens with zero attached hydrogens (tertiary/aromatic N) is 4. The first-order chi connectivity index (χ1) is 10.2. The van der Waals surface area contributed by atoms with E-state index >= 15 is 0 Å². The number of benzene rings is 1. The van der Waals surface area contributed by atoms with Crippen molar-refractivity contribution in [2.45, 2.75) is 5.92 Å². The lowest BCUT2D eigenvalue weighted by atomic mass is 9.91. The molecule has 0 atom stereocenters. The molecule has 4 rings (SSSR count). The van der Waals surface area contributed by atoms with Gasteiger partial charge in [0.05, 0.1) is 5.69 Å². The molecule has 106 valence electrons. The van der Waals surface area contributed by atoms with E-state index < -0.39 is 0 Å². The molecule has 3 heterocycles. The van der Waals surface area contributed by atoms with Gasteiger partial charge in [0.2, 0.25) is 0 Å². The summed E-state index contributed by atoms with van der Waals surface area (Å²) in [6, 6.07) is 8.55. The number of aromatic nitrogens is 3. The summed E-state index contributed by atoms with van der Waals surface area (Å²) in [5, 5.41) is 4.62. The van der Waals surface area contributed by atoms with Crippen molar-refractivity contribution >= 4 is 22.9 Å². The van der Waals surface area contributed by atoms with E-state index in [1.165, 1.54) is 12.1 Å². The predicted molar refractivity (Wildman–Crippen MR) is 79.4 cm³/mol. The van der Waals surface area contributed by atoms with Crippen molar-refractivity contribution in [2.24, 2.45) is 0 Å². The largest absolute Gasteiger partial charge is 0.367 e. The Morgan fingerprint density at radius 1 is 1.19 bits per heavy atom. The summed E-state index contributed by atoms with van der Waals surface area (Å²) >= 11 is 6.05. The van der Waals surface area contributed by atoms with Crippen LogP contribution in [0.4, 0.5) is 10.1 Å². The second-order valence-corrected chi connectivity index (χ2v) is 5.59. The van der Waals surface area contributed by atoms with Gasteiger partial charge in [-0.1, -0.05) is 23.7 Å². The average Bonchev–Trinajstić information content (AvgIpc) is 2.87. The number of hydrogen-bond acceptors (Lipinski definition) is 3. The molecule has 1 saturated heterocycles. The summed E-state index contributed by atoms with van der Waals surface area (Å²) in [7, 11) is 0. The molecule has 0 spiro atoms. The third-order valence-corrected chi connectivity index (χ3v) is 4.06. The SMILES string of the molecule is Fc1ccc(C2CN(c3cc(Cl)nn4ccnc34)C2)cc1. The van der Waals surface area contributed by atoms with Crippen molar-refractivity contribution in [1.29, 1.82) is 0 Å². The Morgan fingerprint density at radius 2 is 1.95 bits per heavy atom. The molecular formula is C15H12ClFN4. The molecule has 1 aromatic carbocycles. The van der Waals surface area contributed by atoms with Crippen molar-refractivity contribution in [2.75, 3.05) is 18.0 Å². The van der Waals surface area contributed by atoms with Crippen molar-refractivity contribution in [3.63, 3.8) is 0 Å². The van der Waals surface area contributed by atoms with Crippen LogP contribution in [0.2, 0.25) is 5.15 Å². The van der Waals surface area contributed by atoms with Crippen LogP contribution >= 0.6 is 11.6 Å². The second-order valence-electron chi connectivity index (χ2n) is 5.20. The zero-order chi connectivity index (χ0) is 14.4. The fourth-order valence-electron chi connectivity index (χ4n) is 2.72. The maximum atomic E-state index is 13.0. The molecule has 0 saturated carbocycles. The standard InChI is InChI=1S/C15H12ClFN4/c16-14-7-13(15-18-5-6-21(15)19-14)20-8-11(9-20)10-1-3-12(17)4-2-10/h1-7,11H,8-9H2. The Bertz CT molecular complexity index is 793. The quantitative estimate of drug-likeness (QED) is 0.729. The van der Waals surface area contributed by atoms with Crippen molar-refractivity contribution in [3.05, 3.63) is 59.3 Å². The minimum Gasteiger partial charge on any atom is -0.367 e. The number of hydrogen-bond donors (Lipinski definition) is 0. The minimum atomic E-state index is -0.199. The lowest BCUT2D eigenvalue weighted by Crippen LogP contribution is -2.45. The van der Waals surface area contributed by atoms with Gasteiger partial charge in [0.25, 0.3) is 0 Å². The van der Waals surface area contributed by atoms with Gasteiger partial charge in [-0.15, -0.1) is 0 Å². The Labute approximate surface area is 125 Å². The van der Waals surface area contributed by atoms with Crippen LogP contribution in [0.25, 0.3) is 5.65 Å². The van der Waals surface area contributed by atoms with E-state index in [0.717, 1.165) is 30.0 Å². The molecule has 0 N–H and O–H groups in total. The predicted octanol–water partition coefficient (Wildman–Crippen LogP) is 3.13. The highest BCUT2D eigenvalue weighted by atomic mass is 35.5. The number of rotatable bonds is 2. The van der Waals surface area contributed by atoms with Gasteiger partial charge < -0.3 is 4.90 Å². The first kappa shape index (κ1) is 12.6. The smallest absolute Gasteiger partial charge is 0.177 e. The highest BCUT2D eigenvalue weighted by Crippen LogP contribution is 2.34. The minimum absolute atomic E-state index is 0.199. The van der Waals surface area contributed by atoms with Crippen LogP contribution in [0.5, 0.6) is 0 Å². The van der Waals surface area contributed by atoms with Gasteiger partial charge in [-0.25, -0.2) is 13.9 Å². The van der Waals surface area contributed by atoms with Crippen molar-refractivity contribution in [3.8, 4) is 0 Å². The summed E-state index contributed by atoms with van der Waals surface area (Å²) in [5.41, 5.74) is 2.95. The Balaban J connectivity index is 1.59. The van der Waals surface area contributed by atoms with Crippen molar-refractivity contribution in [1.82, 2.24) is 14.6 Å². The Morgan fingerprint density at radius 3 is 2.71 bits per heavy atom. The maximum Gasteiger partial charge on any atom is 0.177 e. The van der Waals surface area contributed by atoms with Gasteiger partial charge in [-0.05, 0) is 17.7 Å². The summed E-state index contributed by atoms with van der Waals surface area (Å²) in [6.45, 7) is 1.74. The molecule has 2 aromatic heterocycles. The van der Waals surface area contributed by atoms with Crippen molar-refractivity contribution < 1.29 is 4.39 Å². The van der Waals surface area contributed by atoms with Gasteiger partial charge in [-0.2, -0.15) is 5.10 Å². The van der Waals surface area contributed by atoms with Gasteiger partial charge in [0.15, 0.2) is 10.8 Å². The lowest BCUT2D eigenvalue weighted by Gasteiger charge is -2.41. The molecule has 0 bridgehead atoms. The molecule has 6 heteroatoms. The summed E-state index contributed by atoms with van der Waals surface area (Å²) in [4.78, 5) is 6.53. The summed E-state index contributed by atoms with van der Waals surface area (Å²) in [5.74, 6) is 0.211. The molecular weight excluding hydrogens is 291 g/mol. The van der Waals surface area contributed by atoms with Crippen LogP contribution in [-0.2, 0) is 0 Å². The molecule has 3 aromatic rings. The second kappa shape index (κ2) is 4.70. The molecule has 1 fully saturated rings. The van der Waals surface area contributed by atoms with E-state index in [0.29, 0.717) is 11.1 Å². The third kappa shape index (κ3) is 2.14. The number of anilines is 1. The molecule has 1 aliphatic heterocycles. The zero-order valence-corrected chi connectivity index (χ0v) is 11.8. The van der Waals surface area contributed by atoms with E-state index in [9.17, 15) is 4.39 Å². The van der Waals surface area contributed by atoms with Gasteiger partial charge in [-0.3, -0.25) is 0 Å². The van der Waals surface area contributed by atoms with E-state index in [4.69, 9.17) is 11.6 Å². The van der Waals surface area contributed by atoms with Crippen LogP contribution in [0.3, 0.4) is 0 Å². The summed E-state index contributed by atoms with van der Waals surface area (Å²) in [6.07, 6.45) is 3.49. The normalized spacial score (nSPS) is 15.4. The highest BCUT2D eigenvalue weighted by Gasteiger charge is 2.30. The third-order valence-electron chi connectivity index (χ3n) is 3.87. The number of fused-ring (bicyclic) bond motifs is 1. The van der Waals surface area contributed by atoms with E-state index in [1.54, 1.807) is 16.9 Å². The van der Waals surface area contributed by atoms with Gasteiger partial charge in [0.1, 0.15) is 5.82 Å². The van der Waals surface area contributed by atoms with E-state index in [2.05, 4.69) is 15.0 Å². The lowest BCUT2D eigenvalue weighted by molar-refractivity contribution is 0.523. The van der Waals surface area contributed by atoms with Crippen LogP contribution in [0.1, 0.15) is 11.5 Å². The zero-order valence-electron chi connectivity index (χ0n) is 11.1. The molecule has 0 aliphatic carbocycles. The molecule has 1 aliphatic rings. The van der Waals surface area contributed by atoms with E-state index in [-0.39, 0.29) is 5.82 Å². The highest BCUT2D eigenvalue weighted by molar-refractivity contribution is 6.29. The van der Waals surface area contributed by atoms with Gasteiger partial charge in [0, 0.05) is 37.5 Å². The molecule has 0 amide bonds. The first-order valence-electron chi connectivity index (χ1n) is 6.71. The molecule has 4 nitrogen and oxygen atoms in total. The monoisotopic (exact) mass is 302 g/mol. The molecule has 0 radical (unpaired) electrons. The van der Waals surface area contributed by atoms with Crippen LogP contribution in [-0.4, -0.2) is 27.7 Å². The molecule has 0 unspecified atom stereocenters. The summed E-state index contributed by atoms with van der Waals surface area (Å²) < 4.78 is 14.6. The first-order valence-corrected chi connectivity index (χ1v) is 7.09.